The quantitative estimate of drug-likeness (QED) is 0.216. The number of methoxy groups -OCH3 is 2. The van der Waals surface area contributed by atoms with Crippen molar-refractivity contribution in [3.8, 4) is 11.5 Å². The van der Waals surface area contributed by atoms with Crippen molar-refractivity contribution in [2.75, 3.05) is 27.4 Å². The van der Waals surface area contributed by atoms with Crippen LogP contribution in [0.5, 0.6) is 11.5 Å². The van der Waals surface area contributed by atoms with Gasteiger partial charge in [-0.3, -0.25) is 4.79 Å². The lowest BCUT2D eigenvalue weighted by atomic mass is 9.80. The zero-order valence-corrected chi connectivity index (χ0v) is 25.0. The SMILES string of the molecule is COCCCOc1cc(C[C@@H](C[C@H](N)[C@@H](O)C[C@H](C(=O)N[C@@H]2CCCC[C@H]2O)C(C)C)C(C)C)ccc1OC. The molecule has 0 bridgehead atoms. The first-order valence-electron chi connectivity index (χ1n) is 14.8. The third-order valence-electron chi connectivity index (χ3n) is 8.18. The summed E-state index contributed by atoms with van der Waals surface area (Å²) in [6, 6.07) is 5.36. The molecule has 1 aromatic carbocycles. The zero-order valence-electron chi connectivity index (χ0n) is 25.0. The number of amides is 1. The second-order valence-corrected chi connectivity index (χ2v) is 11.9. The van der Waals surface area contributed by atoms with Crippen molar-refractivity contribution in [2.24, 2.45) is 29.4 Å². The van der Waals surface area contributed by atoms with E-state index in [4.69, 9.17) is 19.9 Å². The van der Waals surface area contributed by atoms with Gasteiger partial charge in [-0.1, -0.05) is 46.6 Å². The summed E-state index contributed by atoms with van der Waals surface area (Å²) in [5, 5.41) is 24.4. The molecule has 1 saturated carbocycles. The number of nitrogens with one attached hydrogen (secondary N) is 1. The minimum Gasteiger partial charge on any atom is -0.493 e. The molecule has 1 aromatic rings. The van der Waals surface area contributed by atoms with Crippen LogP contribution in [-0.4, -0.2) is 67.8 Å². The van der Waals surface area contributed by atoms with Crippen molar-refractivity contribution in [3.05, 3.63) is 23.8 Å². The highest BCUT2D eigenvalue weighted by atomic mass is 16.5. The van der Waals surface area contributed by atoms with Gasteiger partial charge in [-0.05, 0) is 67.6 Å². The van der Waals surface area contributed by atoms with Crippen molar-refractivity contribution in [1.82, 2.24) is 5.32 Å². The summed E-state index contributed by atoms with van der Waals surface area (Å²) >= 11 is 0. The van der Waals surface area contributed by atoms with Crippen LogP contribution >= 0.6 is 0 Å². The van der Waals surface area contributed by atoms with Crippen LogP contribution in [0.3, 0.4) is 0 Å². The van der Waals surface area contributed by atoms with Crippen molar-refractivity contribution in [1.29, 1.82) is 0 Å². The van der Waals surface area contributed by atoms with Gasteiger partial charge in [-0.2, -0.15) is 0 Å². The third-order valence-corrected chi connectivity index (χ3v) is 8.18. The molecule has 8 nitrogen and oxygen atoms in total. The molecule has 0 radical (unpaired) electrons. The van der Waals surface area contributed by atoms with Gasteiger partial charge in [0.2, 0.25) is 5.91 Å². The van der Waals surface area contributed by atoms with Crippen LogP contribution in [0.15, 0.2) is 18.2 Å². The zero-order chi connectivity index (χ0) is 28.9. The smallest absolute Gasteiger partial charge is 0.223 e. The summed E-state index contributed by atoms with van der Waals surface area (Å²) in [5.41, 5.74) is 7.68. The van der Waals surface area contributed by atoms with E-state index in [1.54, 1.807) is 14.2 Å². The van der Waals surface area contributed by atoms with E-state index in [0.29, 0.717) is 43.5 Å². The summed E-state index contributed by atoms with van der Waals surface area (Å²) in [5.74, 6) is 1.60. The van der Waals surface area contributed by atoms with Gasteiger partial charge in [-0.15, -0.1) is 0 Å². The lowest BCUT2D eigenvalue weighted by molar-refractivity contribution is -0.129. The summed E-state index contributed by atoms with van der Waals surface area (Å²) in [7, 11) is 3.31. The second-order valence-electron chi connectivity index (χ2n) is 11.9. The van der Waals surface area contributed by atoms with E-state index in [1.807, 2.05) is 26.0 Å². The molecular weight excluding hydrogens is 496 g/mol. The molecule has 0 saturated heterocycles. The summed E-state index contributed by atoms with van der Waals surface area (Å²) in [6.45, 7) is 9.53. The van der Waals surface area contributed by atoms with E-state index in [-0.39, 0.29) is 29.7 Å². The van der Waals surface area contributed by atoms with Crippen LogP contribution in [0.1, 0.15) is 78.2 Å². The van der Waals surface area contributed by atoms with E-state index in [1.165, 1.54) is 0 Å². The number of ether oxygens (including phenoxy) is 3. The van der Waals surface area contributed by atoms with E-state index in [2.05, 4.69) is 25.2 Å². The topological polar surface area (TPSA) is 123 Å². The molecule has 39 heavy (non-hydrogen) atoms. The monoisotopic (exact) mass is 550 g/mol. The molecule has 0 aromatic heterocycles. The summed E-state index contributed by atoms with van der Waals surface area (Å²) in [6.07, 6.45) is 4.76. The number of nitrogens with two attached hydrogens (primary N) is 1. The molecule has 6 atom stereocenters. The first-order chi connectivity index (χ1) is 18.6. The molecule has 5 N–H and O–H groups in total. The highest BCUT2D eigenvalue weighted by Gasteiger charge is 2.32. The number of hydrogen-bond acceptors (Lipinski definition) is 7. The van der Waals surface area contributed by atoms with Crippen molar-refractivity contribution in [3.63, 3.8) is 0 Å². The lowest BCUT2D eigenvalue weighted by Crippen LogP contribution is -2.49. The maximum absolute atomic E-state index is 13.1. The fourth-order valence-corrected chi connectivity index (χ4v) is 5.43. The maximum atomic E-state index is 13.1. The predicted molar refractivity (Wildman–Crippen MR) is 155 cm³/mol. The number of hydrogen-bond donors (Lipinski definition) is 4. The Morgan fingerprint density at radius 2 is 1.77 bits per heavy atom. The fourth-order valence-electron chi connectivity index (χ4n) is 5.43. The highest BCUT2D eigenvalue weighted by Crippen LogP contribution is 2.32. The van der Waals surface area contributed by atoms with Gasteiger partial charge >= 0.3 is 0 Å². The Labute approximate surface area is 236 Å². The average molecular weight is 551 g/mol. The number of rotatable bonds is 17. The lowest BCUT2D eigenvalue weighted by Gasteiger charge is -2.33. The van der Waals surface area contributed by atoms with Crippen molar-refractivity contribution < 1.29 is 29.2 Å². The Balaban J connectivity index is 2.01. The normalized spacial score (nSPS) is 20.9. The third kappa shape index (κ3) is 10.9. The van der Waals surface area contributed by atoms with E-state index in [0.717, 1.165) is 44.1 Å². The standard InChI is InChI=1S/C31H54N2O6/c1-20(2)23(16-22-12-13-29(38-6)30(17-22)39-15-9-14-37-5)18-25(32)28(35)19-24(21(3)4)31(36)33-26-10-7-8-11-27(26)34/h12-13,17,20-21,23-28,34-35H,7-11,14-16,18-19,32H2,1-6H3,(H,33,36)/t23-,24-,25-,26+,27+,28-/m0/s1. The van der Waals surface area contributed by atoms with Gasteiger partial charge in [0.25, 0.3) is 0 Å². The number of carbonyl (C=O) groups is 1. The largest absolute Gasteiger partial charge is 0.493 e. The minimum atomic E-state index is -0.795. The van der Waals surface area contributed by atoms with Crippen LogP contribution < -0.4 is 20.5 Å². The van der Waals surface area contributed by atoms with Crippen LogP contribution in [0.25, 0.3) is 0 Å². The van der Waals surface area contributed by atoms with E-state index < -0.39 is 18.2 Å². The van der Waals surface area contributed by atoms with Crippen LogP contribution in [-0.2, 0) is 16.0 Å². The highest BCUT2D eigenvalue weighted by molar-refractivity contribution is 5.79. The van der Waals surface area contributed by atoms with Gasteiger partial charge in [0, 0.05) is 32.1 Å². The first-order valence-corrected chi connectivity index (χ1v) is 14.8. The molecule has 1 fully saturated rings. The van der Waals surface area contributed by atoms with E-state index in [9.17, 15) is 15.0 Å². The molecule has 0 aliphatic heterocycles. The number of carbonyl (C=O) groups excluding carboxylic acids is 1. The molecule has 0 unspecified atom stereocenters. The molecule has 0 spiro atoms. The van der Waals surface area contributed by atoms with Gasteiger partial charge in [-0.25, -0.2) is 0 Å². The van der Waals surface area contributed by atoms with Gasteiger partial charge in [0.05, 0.1) is 32.0 Å². The minimum absolute atomic E-state index is 0.0510. The molecule has 8 heteroatoms. The van der Waals surface area contributed by atoms with Crippen LogP contribution in [0.2, 0.25) is 0 Å². The van der Waals surface area contributed by atoms with Gasteiger partial charge in [0.15, 0.2) is 11.5 Å². The van der Waals surface area contributed by atoms with E-state index >= 15 is 0 Å². The predicted octanol–water partition coefficient (Wildman–Crippen LogP) is 4.09. The molecule has 1 aliphatic carbocycles. The average Bonchev–Trinajstić information content (AvgIpc) is 2.90. The Bertz CT molecular complexity index is 848. The molecule has 1 aliphatic rings. The molecule has 2 rings (SSSR count). The van der Waals surface area contributed by atoms with Crippen molar-refractivity contribution in [2.45, 2.75) is 103 Å². The molecule has 1 amide bonds. The van der Waals surface area contributed by atoms with Gasteiger partial charge in [0.1, 0.15) is 0 Å². The Kier molecular flexibility index (Phi) is 14.6. The molecular formula is C31H54N2O6. The number of aliphatic hydroxyl groups is 2. The Morgan fingerprint density at radius 1 is 1.05 bits per heavy atom. The summed E-state index contributed by atoms with van der Waals surface area (Å²) < 4.78 is 16.5. The molecule has 224 valence electrons. The second kappa shape index (κ2) is 17.1. The van der Waals surface area contributed by atoms with Gasteiger partial charge < -0.3 is 35.5 Å². The Hall–Kier alpha value is -1.87. The van der Waals surface area contributed by atoms with Crippen molar-refractivity contribution >= 4 is 5.91 Å². The number of benzene rings is 1. The van der Waals surface area contributed by atoms with Crippen LogP contribution in [0.4, 0.5) is 0 Å². The number of aliphatic hydroxyl groups excluding tert-OH is 2. The fraction of sp³-hybridized carbons (Fsp3) is 0.774. The molecule has 0 heterocycles. The maximum Gasteiger partial charge on any atom is 0.223 e. The van der Waals surface area contributed by atoms with Crippen LogP contribution in [0, 0.1) is 23.7 Å². The summed E-state index contributed by atoms with van der Waals surface area (Å²) in [4.78, 5) is 13.1. The Morgan fingerprint density at radius 3 is 2.38 bits per heavy atom. The first kappa shape index (κ1) is 33.3.